The Bertz CT molecular complexity index is 881. The van der Waals surface area contributed by atoms with Gasteiger partial charge in [-0.2, -0.15) is 4.98 Å². The number of ether oxygens (including phenoxy) is 1. The van der Waals surface area contributed by atoms with E-state index >= 15 is 0 Å². The number of likely N-dealkylation sites (N-methyl/N-ethyl adjacent to an activating group) is 1. The number of amides is 2. The predicted molar refractivity (Wildman–Crippen MR) is 100 cm³/mol. The van der Waals surface area contributed by atoms with Crippen molar-refractivity contribution in [2.45, 2.75) is 31.7 Å². The van der Waals surface area contributed by atoms with Crippen LogP contribution < -0.4 is 4.74 Å². The number of aromatic nitrogens is 2. The summed E-state index contributed by atoms with van der Waals surface area (Å²) >= 11 is 0. The van der Waals surface area contributed by atoms with Crippen LogP contribution in [0.4, 0.5) is 0 Å². The molecule has 3 heterocycles. The van der Waals surface area contributed by atoms with Gasteiger partial charge in [0.1, 0.15) is 5.75 Å². The highest BCUT2D eigenvalue weighted by atomic mass is 16.5. The fraction of sp³-hybridized carbons (Fsp3) is 0.500. The lowest BCUT2D eigenvalue weighted by Crippen LogP contribution is -2.49. The Morgan fingerprint density at radius 3 is 3.00 bits per heavy atom. The van der Waals surface area contributed by atoms with Crippen LogP contribution in [0.1, 0.15) is 25.2 Å². The smallest absolute Gasteiger partial charge is 0.227 e. The van der Waals surface area contributed by atoms with Crippen LogP contribution in [0.2, 0.25) is 0 Å². The van der Waals surface area contributed by atoms with Gasteiger partial charge in [-0.25, -0.2) is 0 Å². The van der Waals surface area contributed by atoms with Gasteiger partial charge in [-0.05, 0) is 24.5 Å². The predicted octanol–water partition coefficient (Wildman–Crippen LogP) is 1.76. The summed E-state index contributed by atoms with van der Waals surface area (Å²) < 4.78 is 10.6. The second-order valence-corrected chi connectivity index (χ2v) is 7.38. The molecule has 0 N–H and O–H groups in total. The topological polar surface area (TPSA) is 88.8 Å². The van der Waals surface area contributed by atoms with Gasteiger partial charge in [-0.3, -0.25) is 9.59 Å². The van der Waals surface area contributed by atoms with Gasteiger partial charge in [0, 0.05) is 39.4 Å². The van der Waals surface area contributed by atoms with Crippen molar-refractivity contribution in [1.29, 1.82) is 0 Å². The van der Waals surface area contributed by atoms with Crippen LogP contribution in [0.3, 0.4) is 0 Å². The molecule has 8 heteroatoms. The number of methoxy groups -OCH3 is 1. The van der Waals surface area contributed by atoms with E-state index in [1.807, 2.05) is 36.2 Å². The first-order valence-electron chi connectivity index (χ1n) is 9.56. The molecule has 1 aromatic heterocycles. The highest BCUT2D eigenvalue weighted by molar-refractivity contribution is 5.80. The third kappa shape index (κ3) is 3.46. The van der Waals surface area contributed by atoms with Crippen LogP contribution in [0.15, 0.2) is 28.8 Å². The first kappa shape index (κ1) is 18.5. The largest absolute Gasteiger partial charge is 0.496 e. The number of likely N-dealkylation sites (tertiary alicyclic amines) is 2. The highest BCUT2D eigenvalue weighted by Gasteiger charge is 2.41. The molecule has 2 aromatic rings. The van der Waals surface area contributed by atoms with Crippen molar-refractivity contribution in [2.75, 3.05) is 27.2 Å². The first-order valence-corrected chi connectivity index (χ1v) is 9.56. The minimum atomic E-state index is 0.0586. The SMILES string of the molecule is COc1ccccc1-c1noc(CCC(=O)N2CC[C@@H]3CC(=O)N(C)[C@@H]3C2)n1. The quantitative estimate of drug-likeness (QED) is 0.780. The van der Waals surface area contributed by atoms with E-state index < -0.39 is 0 Å². The number of carbonyl (C=O) groups is 2. The van der Waals surface area contributed by atoms with Gasteiger partial charge in [0.2, 0.25) is 23.5 Å². The third-order valence-corrected chi connectivity index (χ3v) is 5.77. The second-order valence-electron chi connectivity index (χ2n) is 7.38. The van der Waals surface area contributed by atoms with Crippen LogP contribution in [0.25, 0.3) is 11.4 Å². The molecule has 4 rings (SSSR count). The number of rotatable bonds is 5. The molecule has 0 saturated carbocycles. The molecule has 2 fully saturated rings. The highest BCUT2D eigenvalue weighted by Crippen LogP contribution is 2.32. The molecular formula is C20H24N4O4. The lowest BCUT2D eigenvalue weighted by atomic mass is 9.92. The van der Waals surface area contributed by atoms with Crippen molar-refractivity contribution < 1.29 is 18.8 Å². The monoisotopic (exact) mass is 384 g/mol. The Morgan fingerprint density at radius 1 is 1.36 bits per heavy atom. The number of para-hydroxylation sites is 1. The molecule has 148 valence electrons. The number of carbonyl (C=O) groups excluding carboxylic acids is 2. The zero-order valence-corrected chi connectivity index (χ0v) is 16.1. The molecule has 28 heavy (non-hydrogen) atoms. The molecule has 0 bridgehead atoms. The van der Waals surface area contributed by atoms with E-state index in [-0.39, 0.29) is 17.9 Å². The molecule has 2 saturated heterocycles. The Labute approximate surface area is 163 Å². The molecule has 0 aliphatic carbocycles. The zero-order chi connectivity index (χ0) is 19.7. The van der Waals surface area contributed by atoms with E-state index in [0.717, 1.165) is 12.0 Å². The number of hydrogen-bond acceptors (Lipinski definition) is 6. The average Bonchev–Trinajstić information content (AvgIpc) is 3.30. The Balaban J connectivity index is 1.36. The van der Waals surface area contributed by atoms with Gasteiger partial charge in [0.25, 0.3) is 0 Å². The maximum atomic E-state index is 12.6. The molecular weight excluding hydrogens is 360 g/mol. The van der Waals surface area contributed by atoms with Gasteiger partial charge in [-0.1, -0.05) is 17.3 Å². The Hall–Kier alpha value is -2.90. The van der Waals surface area contributed by atoms with Crippen molar-refractivity contribution in [3.63, 3.8) is 0 Å². The molecule has 2 aliphatic rings. The summed E-state index contributed by atoms with van der Waals surface area (Å²) in [6.45, 7) is 1.32. The van der Waals surface area contributed by atoms with E-state index in [4.69, 9.17) is 9.26 Å². The minimum absolute atomic E-state index is 0.0586. The van der Waals surface area contributed by atoms with Crippen LogP contribution in [-0.2, 0) is 16.0 Å². The summed E-state index contributed by atoms with van der Waals surface area (Å²) in [5, 5.41) is 4.01. The summed E-state index contributed by atoms with van der Waals surface area (Å²) in [6.07, 6.45) is 2.19. The van der Waals surface area contributed by atoms with Gasteiger partial charge in [0.15, 0.2) is 0 Å². The van der Waals surface area contributed by atoms with Crippen LogP contribution in [0, 0.1) is 5.92 Å². The lowest BCUT2D eigenvalue weighted by Gasteiger charge is -2.37. The van der Waals surface area contributed by atoms with Crippen LogP contribution >= 0.6 is 0 Å². The van der Waals surface area contributed by atoms with Crippen molar-refractivity contribution in [2.24, 2.45) is 5.92 Å². The summed E-state index contributed by atoms with van der Waals surface area (Å²) in [6, 6.07) is 7.60. The maximum absolute atomic E-state index is 12.6. The number of aryl methyl sites for hydroxylation is 1. The van der Waals surface area contributed by atoms with Crippen molar-refractivity contribution in [1.82, 2.24) is 19.9 Å². The van der Waals surface area contributed by atoms with Crippen LogP contribution in [0.5, 0.6) is 5.75 Å². The number of benzene rings is 1. The second kappa shape index (κ2) is 7.61. The normalized spacial score (nSPS) is 21.7. The molecule has 1 aromatic carbocycles. The molecule has 2 amide bonds. The molecule has 2 atom stereocenters. The fourth-order valence-corrected chi connectivity index (χ4v) is 4.10. The van der Waals surface area contributed by atoms with Gasteiger partial charge in [-0.15, -0.1) is 0 Å². The summed E-state index contributed by atoms with van der Waals surface area (Å²) in [5.74, 6) is 2.16. The lowest BCUT2D eigenvalue weighted by molar-refractivity contribution is -0.135. The van der Waals surface area contributed by atoms with Crippen molar-refractivity contribution >= 4 is 11.8 Å². The Kier molecular flexibility index (Phi) is 5.02. The summed E-state index contributed by atoms with van der Waals surface area (Å²) in [7, 11) is 3.43. The number of hydrogen-bond donors (Lipinski definition) is 0. The fourth-order valence-electron chi connectivity index (χ4n) is 4.10. The van der Waals surface area contributed by atoms with Crippen molar-refractivity contribution in [3.05, 3.63) is 30.2 Å². The standard InChI is InChI=1S/C20H24N4O4/c1-23-15-12-24(10-9-13(15)11-19(23)26)18(25)8-7-17-21-20(22-28-17)14-5-3-4-6-16(14)27-2/h3-6,13,15H,7-12H2,1-2H3/t13-,15-/m1/s1. The van der Waals surface area contributed by atoms with Crippen molar-refractivity contribution in [3.8, 4) is 17.1 Å². The minimum Gasteiger partial charge on any atom is -0.496 e. The molecule has 0 unspecified atom stereocenters. The number of fused-ring (bicyclic) bond motifs is 1. The van der Waals surface area contributed by atoms with Gasteiger partial charge >= 0.3 is 0 Å². The average molecular weight is 384 g/mol. The summed E-state index contributed by atoms with van der Waals surface area (Å²) in [4.78, 5) is 32.6. The van der Waals surface area contributed by atoms with E-state index in [2.05, 4.69) is 10.1 Å². The first-order chi connectivity index (χ1) is 13.6. The van der Waals surface area contributed by atoms with E-state index in [1.165, 1.54) is 0 Å². The molecule has 0 radical (unpaired) electrons. The van der Waals surface area contributed by atoms with Gasteiger partial charge in [0.05, 0.1) is 18.7 Å². The van der Waals surface area contributed by atoms with Gasteiger partial charge < -0.3 is 19.1 Å². The maximum Gasteiger partial charge on any atom is 0.227 e. The molecule has 8 nitrogen and oxygen atoms in total. The third-order valence-electron chi connectivity index (χ3n) is 5.77. The summed E-state index contributed by atoms with van der Waals surface area (Å²) in [5.41, 5.74) is 0.752. The molecule has 0 spiro atoms. The van der Waals surface area contributed by atoms with E-state index in [0.29, 0.717) is 55.7 Å². The Morgan fingerprint density at radius 2 is 2.18 bits per heavy atom. The van der Waals surface area contributed by atoms with Crippen LogP contribution in [-0.4, -0.2) is 65.0 Å². The molecule has 2 aliphatic heterocycles. The zero-order valence-electron chi connectivity index (χ0n) is 16.1. The van der Waals surface area contributed by atoms with E-state index in [1.54, 1.807) is 12.0 Å². The van der Waals surface area contributed by atoms with E-state index in [9.17, 15) is 9.59 Å². The number of piperidine rings is 1. The number of nitrogens with zero attached hydrogens (tertiary/aromatic N) is 4.